The molecule has 124 valence electrons. The maximum atomic E-state index is 9.73. The van der Waals surface area contributed by atoms with E-state index in [0.29, 0.717) is 6.42 Å². The van der Waals surface area contributed by atoms with E-state index < -0.39 is 17.7 Å². The van der Waals surface area contributed by atoms with Crippen molar-refractivity contribution in [1.29, 1.82) is 0 Å². The molecule has 0 aromatic heterocycles. The Labute approximate surface area is 127 Å². The lowest BCUT2D eigenvalue weighted by atomic mass is 10.4. The van der Waals surface area contributed by atoms with Crippen LogP contribution in [0, 0.1) is 0 Å². The molecule has 0 N–H and O–H groups in total. The van der Waals surface area contributed by atoms with Crippen LogP contribution in [-0.2, 0) is 14.6 Å². The molecular weight excluding hydrogens is 295 g/mol. The molecule has 0 amide bonds. The first-order chi connectivity index (χ1) is 9.30. The summed E-state index contributed by atoms with van der Waals surface area (Å²) in [4.78, 5) is 0. The summed E-state index contributed by atoms with van der Waals surface area (Å²) in [6.45, 7) is 11.3. The third kappa shape index (κ3) is 13.3. The van der Waals surface area contributed by atoms with Gasteiger partial charge in [-0.3, -0.25) is 4.18 Å². The molecule has 6 heteroatoms. The van der Waals surface area contributed by atoms with E-state index in [2.05, 4.69) is 31.9 Å². The topological polar surface area (TPSA) is 66.4 Å². The second kappa shape index (κ2) is 13.0. The van der Waals surface area contributed by atoms with Crippen molar-refractivity contribution in [3.63, 3.8) is 0 Å². The lowest BCUT2D eigenvalue weighted by Gasteiger charge is -2.23. The fraction of sp³-hybridized carbons (Fsp3) is 1.00. The van der Waals surface area contributed by atoms with Gasteiger partial charge in [0.05, 0.1) is 31.3 Å². The molecule has 0 bridgehead atoms. The molecule has 0 rings (SSSR count). The first-order valence-electron chi connectivity index (χ1n) is 7.76. The van der Waals surface area contributed by atoms with Crippen molar-refractivity contribution in [3.05, 3.63) is 0 Å². The van der Waals surface area contributed by atoms with Gasteiger partial charge in [0.25, 0.3) is 0 Å². The van der Waals surface area contributed by atoms with Crippen molar-refractivity contribution in [2.24, 2.45) is 0 Å². The van der Waals surface area contributed by atoms with Gasteiger partial charge < -0.3 is 4.55 Å². The Bertz CT molecular complexity index is 292. The maximum absolute atomic E-state index is 9.73. The lowest BCUT2D eigenvalue weighted by molar-refractivity contribution is 0.257. The van der Waals surface area contributed by atoms with Crippen LogP contribution in [0.5, 0.6) is 0 Å². The summed E-state index contributed by atoms with van der Waals surface area (Å²) >= 11 is 0. The standard InChI is InChI=1S/C10H24P.C4H10O4S/c1-5-9-10-11(6-2,7-3)8-4;1-2-3-4-8-9(5,6)7/h5-10H2,1-4H3;2-4H2,1H3,(H,5,6,7)/q+1;/p-1. The Morgan fingerprint density at radius 3 is 1.65 bits per heavy atom. The van der Waals surface area contributed by atoms with Crippen LogP contribution in [0.1, 0.15) is 60.3 Å². The largest absolute Gasteiger partial charge is 0.726 e. The summed E-state index contributed by atoms with van der Waals surface area (Å²) < 4.78 is 33.1. The summed E-state index contributed by atoms with van der Waals surface area (Å²) in [5.74, 6) is 0. The third-order valence-electron chi connectivity index (χ3n) is 3.72. The fourth-order valence-corrected chi connectivity index (χ4v) is 5.54. The van der Waals surface area contributed by atoms with E-state index in [0.717, 1.165) is 6.42 Å². The molecule has 0 spiro atoms. The SMILES string of the molecule is CCCCOS(=O)(=O)[O-].CCCC[P+](CC)(CC)CC. The molecule has 0 aliphatic heterocycles. The molecule has 0 aliphatic carbocycles. The average Bonchev–Trinajstić information content (AvgIpc) is 2.41. The first kappa shape index (κ1) is 22.6. The van der Waals surface area contributed by atoms with E-state index in [-0.39, 0.29) is 6.61 Å². The van der Waals surface area contributed by atoms with Gasteiger partial charge in [0.15, 0.2) is 0 Å². The van der Waals surface area contributed by atoms with E-state index in [4.69, 9.17) is 0 Å². The Hall–Kier alpha value is 0.300. The summed E-state index contributed by atoms with van der Waals surface area (Å²) in [7, 11) is -4.90. The van der Waals surface area contributed by atoms with Gasteiger partial charge in [0, 0.05) is 7.26 Å². The minimum absolute atomic E-state index is 0.00231. The van der Waals surface area contributed by atoms with Gasteiger partial charge in [0.2, 0.25) is 10.4 Å². The monoisotopic (exact) mass is 328 g/mol. The van der Waals surface area contributed by atoms with Crippen molar-refractivity contribution >= 4 is 17.7 Å². The molecule has 0 aromatic carbocycles. The molecular formula is C14H33O4PS. The van der Waals surface area contributed by atoms with Crippen molar-refractivity contribution in [2.75, 3.05) is 31.3 Å². The minimum Gasteiger partial charge on any atom is -0.726 e. The zero-order valence-corrected chi connectivity index (χ0v) is 15.6. The highest BCUT2D eigenvalue weighted by molar-refractivity contribution is 7.80. The minimum atomic E-state index is -4.45. The molecule has 0 saturated heterocycles. The smallest absolute Gasteiger partial charge is 0.217 e. The maximum Gasteiger partial charge on any atom is 0.217 e. The molecule has 0 unspecified atom stereocenters. The van der Waals surface area contributed by atoms with E-state index >= 15 is 0 Å². The van der Waals surface area contributed by atoms with E-state index in [9.17, 15) is 13.0 Å². The van der Waals surface area contributed by atoms with Gasteiger partial charge in [-0.05, 0) is 33.6 Å². The lowest BCUT2D eigenvalue weighted by Crippen LogP contribution is -2.06. The van der Waals surface area contributed by atoms with Crippen molar-refractivity contribution in [3.8, 4) is 0 Å². The average molecular weight is 328 g/mol. The zero-order chi connectivity index (χ0) is 16.1. The molecule has 0 heterocycles. The van der Waals surface area contributed by atoms with Crippen LogP contribution in [0.4, 0.5) is 0 Å². The normalized spacial score (nSPS) is 11.9. The van der Waals surface area contributed by atoms with Gasteiger partial charge in [-0.1, -0.05) is 26.7 Å². The van der Waals surface area contributed by atoms with Crippen molar-refractivity contribution in [2.45, 2.75) is 60.3 Å². The van der Waals surface area contributed by atoms with Crippen LogP contribution in [0.3, 0.4) is 0 Å². The Morgan fingerprint density at radius 1 is 0.900 bits per heavy atom. The van der Waals surface area contributed by atoms with Gasteiger partial charge in [0.1, 0.15) is 0 Å². The molecule has 0 saturated carbocycles. The van der Waals surface area contributed by atoms with Gasteiger partial charge in [-0.25, -0.2) is 8.42 Å². The van der Waals surface area contributed by atoms with E-state index in [1.165, 1.54) is 31.3 Å². The fourth-order valence-electron chi connectivity index (χ4n) is 1.94. The van der Waals surface area contributed by atoms with Gasteiger partial charge in [-0.15, -0.1) is 0 Å². The van der Waals surface area contributed by atoms with E-state index in [1.807, 2.05) is 6.92 Å². The summed E-state index contributed by atoms with van der Waals surface area (Å²) in [5, 5.41) is 0. The van der Waals surface area contributed by atoms with Gasteiger partial charge in [-0.2, -0.15) is 0 Å². The molecule has 0 atom stereocenters. The highest BCUT2D eigenvalue weighted by atomic mass is 32.3. The van der Waals surface area contributed by atoms with Crippen LogP contribution in [-0.4, -0.2) is 44.2 Å². The molecule has 0 fully saturated rings. The Balaban J connectivity index is 0. The number of hydrogen-bond donors (Lipinski definition) is 0. The highest BCUT2D eigenvalue weighted by Crippen LogP contribution is 2.58. The number of unbranched alkanes of at least 4 members (excludes halogenated alkanes) is 2. The van der Waals surface area contributed by atoms with Crippen LogP contribution < -0.4 is 0 Å². The Kier molecular flexibility index (Phi) is 14.7. The molecule has 20 heavy (non-hydrogen) atoms. The first-order valence-corrected chi connectivity index (χ1v) is 11.6. The van der Waals surface area contributed by atoms with Crippen LogP contribution in [0.2, 0.25) is 0 Å². The number of rotatable bonds is 10. The highest BCUT2D eigenvalue weighted by Gasteiger charge is 2.29. The van der Waals surface area contributed by atoms with Gasteiger partial charge >= 0.3 is 0 Å². The van der Waals surface area contributed by atoms with Crippen LogP contribution >= 0.6 is 7.26 Å². The second-order valence-corrected chi connectivity index (χ2v) is 11.0. The molecule has 0 aromatic rings. The zero-order valence-electron chi connectivity index (χ0n) is 13.9. The van der Waals surface area contributed by atoms with Crippen molar-refractivity contribution < 1.29 is 17.2 Å². The van der Waals surface area contributed by atoms with Crippen molar-refractivity contribution in [1.82, 2.24) is 0 Å². The summed E-state index contributed by atoms with van der Waals surface area (Å²) in [6.07, 6.45) is 10.2. The molecule has 0 aliphatic rings. The predicted octanol–water partition coefficient (Wildman–Crippen LogP) is 4.13. The molecule has 0 radical (unpaired) electrons. The second-order valence-electron chi connectivity index (χ2n) is 4.95. The quantitative estimate of drug-likeness (QED) is 0.262. The number of hydrogen-bond acceptors (Lipinski definition) is 4. The summed E-state index contributed by atoms with van der Waals surface area (Å²) in [6, 6.07) is 0. The van der Waals surface area contributed by atoms with Crippen LogP contribution in [0.25, 0.3) is 0 Å². The third-order valence-corrected chi connectivity index (χ3v) is 9.47. The molecule has 4 nitrogen and oxygen atoms in total. The summed E-state index contributed by atoms with van der Waals surface area (Å²) in [5.41, 5.74) is 0. The Morgan fingerprint density at radius 2 is 1.35 bits per heavy atom. The van der Waals surface area contributed by atoms with E-state index in [1.54, 1.807) is 6.16 Å². The van der Waals surface area contributed by atoms with Crippen LogP contribution in [0.15, 0.2) is 0 Å². The predicted molar refractivity (Wildman–Crippen MR) is 88.9 cm³/mol.